The molecule has 1 aliphatic heterocycles. The van der Waals surface area contributed by atoms with Crippen molar-refractivity contribution in [2.24, 2.45) is 0 Å². The van der Waals surface area contributed by atoms with Crippen LogP contribution in [-0.2, 0) is 31.4 Å². The van der Waals surface area contributed by atoms with E-state index in [0.29, 0.717) is 45.7 Å². The lowest BCUT2D eigenvalue weighted by Gasteiger charge is -2.42. The van der Waals surface area contributed by atoms with Crippen molar-refractivity contribution >= 4 is 15.9 Å². The van der Waals surface area contributed by atoms with Gasteiger partial charge in [0.25, 0.3) is 0 Å². The Bertz CT molecular complexity index is 980. The zero-order valence-corrected chi connectivity index (χ0v) is 18.6. The largest absolute Gasteiger partial charge is 0.379 e. The molecule has 0 bridgehead atoms. The van der Waals surface area contributed by atoms with E-state index in [9.17, 15) is 13.2 Å². The summed E-state index contributed by atoms with van der Waals surface area (Å²) < 4.78 is 32.1. The average Bonchev–Trinajstić information content (AvgIpc) is 2.78. The van der Waals surface area contributed by atoms with Gasteiger partial charge in [-0.2, -0.15) is 4.31 Å². The standard InChI is InChI=1S/C24H30N2O4S/c27-23(25-19-24(13-4-14-24)21-5-2-1-3-6-21)12-9-20-7-10-22(11-8-20)31(28,29)26-15-17-30-18-16-26/h1-3,5-8,10-11H,4,9,12-19H2,(H,25,27). The van der Waals surface area contributed by atoms with E-state index in [-0.39, 0.29) is 16.2 Å². The first kappa shape index (κ1) is 22.0. The van der Waals surface area contributed by atoms with Crippen LogP contribution in [0.4, 0.5) is 0 Å². The lowest BCUT2D eigenvalue weighted by atomic mass is 9.64. The van der Waals surface area contributed by atoms with Gasteiger partial charge in [0.1, 0.15) is 0 Å². The molecule has 0 atom stereocenters. The molecule has 0 spiro atoms. The Kier molecular flexibility index (Phi) is 6.74. The van der Waals surface area contributed by atoms with Crippen LogP contribution in [0.1, 0.15) is 36.8 Å². The molecule has 2 aliphatic rings. The van der Waals surface area contributed by atoms with Gasteiger partial charge in [0, 0.05) is 31.5 Å². The number of carbonyl (C=O) groups is 1. The predicted octanol–water partition coefficient (Wildman–Crippen LogP) is 2.88. The fourth-order valence-corrected chi connectivity index (χ4v) is 5.75. The zero-order chi connectivity index (χ0) is 21.7. The molecule has 0 unspecified atom stereocenters. The number of aryl methyl sites for hydroxylation is 1. The van der Waals surface area contributed by atoms with Gasteiger partial charge in [-0.05, 0) is 42.5 Å². The zero-order valence-electron chi connectivity index (χ0n) is 17.8. The Morgan fingerprint density at radius 1 is 1.00 bits per heavy atom. The number of nitrogens with one attached hydrogen (secondary N) is 1. The SMILES string of the molecule is O=C(CCc1ccc(S(=O)(=O)N2CCOCC2)cc1)NCC1(c2ccccc2)CCC1. The van der Waals surface area contributed by atoms with Crippen molar-refractivity contribution in [1.82, 2.24) is 9.62 Å². The molecule has 31 heavy (non-hydrogen) atoms. The minimum absolute atomic E-state index is 0.0345. The molecule has 1 N–H and O–H groups in total. The van der Waals surface area contributed by atoms with Gasteiger partial charge in [-0.15, -0.1) is 0 Å². The summed E-state index contributed by atoms with van der Waals surface area (Å²) in [5.74, 6) is 0.0345. The molecule has 0 radical (unpaired) electrons. The monoisotopic (exact) mass is 442 g/mol. The van der Waals surface area contributed by atoms with Crippen molar-refractivity contribution in [1.29, 1.82) is 0 Å². The molecule has 4 rings (SSSR count). The Morgan fingerprint density at radius 2 is 1.68 bits per heavy atom. The average molecular weight is 443 g/mol. The van der Waals surface area contributed by atoms with Crippen LogP contribution >= 0.6 is 0 Å². The second-order valence-corrected chi connectivity index (χ2v) is 10.4. The Balaban J connectivity index is 1.29. The fourth-order valence-electron chi connectivity index (χ4n) is 4.34. The van der Waals surface area contributed by atoms with Crippen LogP contribution in [0.2, 0.25) is 0 Å². The lowest BCUT2D eigenvalue weighted by Crippen LogP contribution is -2.45. The van der Waals surface area contributed by atoms with Crippen LogP contribution in [0.5, 0.6) is 0 Å². The summed E-state index contributed by atoms with van der Waals surface area (Å²) in [5.41, 5.74) is 2.34. The predicted molar refractivity (Wildman–Crippen MR) is 119 cm³/mol. The van der Waals surface area contributed by atoms with E-state index in [0.717, 1.165) is 18.4 Å². The normalized spacial score (nSPS) is 18.8. The molecule has 1 aliphatic carbocycles. The van der Waals surface area contributed by atoms with Crippen LogP contribution in [0.3, 0.4) is 0 Å². The molecule has 1 amide bonds. The van der Waals surface area contributed by atoms with E-state index in [1.54, 1.807) is 24.3 Å². The summed E-state index contributed by atoms with van der Waals surface area (Å²) in [7, 11) is -3.48. The summed E-state index contributed by atoms with van der Waals surface area (Å²) in [6.45, 7) is 2.30. The number of ether oxygens (including phenoxy) is 1. The molecule has 2 aromatic rings. The van der Waals surface area contributed by atoms with E-state index < -0.39 is 10.0 Å². The molecule has 1 heterocycles. The molecule has 0 aromatic heterocycles. The van der Waals surface area contributed by atoms with E-state index in [4.69, 9.17) is 4.74 Å². The summed E-state index contributed by atoms with van der Waals surface area (Å²) in [6, 6.07) is 17.3. The van der Waals surface area contributed by atoms with Crippen molar-refractivity contribution in [3.05, 3.63) is 65.7 Å². The van der Waals surface area contributed by atoms with Crippen molar-refractivity contribution in [2.75, 3.05) is 32.8 Å². The maximum Gasteiger partial charge on any atom is 0.243 e. The molecule has 6 nitrogen and oxygen atoms in total. The maximum absolute atomic E-state index is 12.7. The van der Waals surface area contributed by atoms with E-state index in [2.05, 4.69) is 29.6 Å². The van der Waals surface area contributed by atoms with E-state index in [1.807, 2.05) is 6.07 Å². The second kappa shape index (κ2) is 9.51. The summed E-state index contributed by atoms with van der Waals surface area (Å²) in [4.78, 5) is 12.7. The first-order valence-corrected chi connectivity index (χ1v) is 12.4. The number of hydrogen-bond acceptors (Lipinski definition) is 4. The van der Waals surface area contributed by atoms with E-state index >= 15 is 0 Å². The van der Waals surface area contributed by atoms with Gasteiger partial charge in [0.15, 0.2) is 0 Å². The number of morpholine rings is 1. The van der Waals surface area contributed by atoms with Gasteiger partial charge in [-0.3, -0.25) is 4.79 Å². The number of hydrogen-bond donors (Lipinski definition) is 1. The van der Waals surface area contributed by atoms with Gasteiger partial charge in [-0.25, -0.2) is 8.42 Å². The number of benzene rings is 2. The quantitative estimate of drug-likeness (QED) is 0.682. The van der Waals surface area contributed by atoms with Gasteiger partial charge in [-0.1, -0.05) is 48.9 Å². The topological polar surface area (TPSA) is 75.7 Å². The highest BCUT2D eigenvalue weighted by Crippen LogP contribution is 2.43. The number of rotatable bonds is 8. The van der Waals surface area contributed by atoms with Crippen LogP contribution in [0.25, 0.3) is 0 Å². The summed E-state index contributed by atoms with van der Waals surface area (Å²) in [5, 5.41) is 3.12. The Hall–Kier alpha value is -2.22. The highest BCUT2D eigenvalue weighted by molar-refractivity contribution is 7.89. The maximum atomic E-state index is 12.7. The molecule has 1 saturated heterocycles. The van der Waals surface area contributed by atoms with Crippen LogP contribution in [0, 0.1) is 0 Å². The Morgan fingerprint density at radius 3 is 2.29 bits per heavy atom. The second-order valence-electron chi connectivity index (χ2n) is 8.44. The molecule has 7 heteroatoms. The molecular formula is C24H30N2O4S. The fraction of sp³-hybridized carbons (Fsp3) is 0.458. The van der Waals surface area contributed by atoms with Crippen LogP contribution < -0.4 is 5.32 Å². The third-order valence-electron chi connectivity index (χ3n) is 6.49. The van der Waals surface area contributed by atoms with Gasteiger partial charge < -0.3 is 10.1 Å². The third kappa shape index (κ3) is 5.00. The van der Waals surface area contributed by atoms with Crippen molar-refractivity contribution in [3.8, 4) is 0 Å². The minimum atomic E-state index is -3.48. The van der Waals surface area contributed by atoms with Crippen molar-refractivity contribution < 1.29 is 17.9 Å². The molecule has 1 saturated carbocycles. The first-order valence-electron chi connectivity index (χ1n) is 11.0. The smallest absolute Gasteiger partial charge is 0.243 e. The van der Waals surface area contributed by atoms with E-state index in [1.165, 1.54) is 16.3 Å². The Labute approximate surface area is 184 Å². The highest BCUT2D eigenvalue weighted by atomic mass is 32.2. The number of carbonyl (C=O) groups excluding carboxylic acids is 1. The van der Waals surface area contributed by atoms with Crippen molar-refractivity contribution in [2.45, 2.75) is 42.4 Å². The summed E-state index contributed by atoms with van der Waals surface area (Å²) in [6.07, 6.45) is 4.39. The minimum Gasteiger partial charge on any atom is -0.379 e. The number of amides is 1. The number of sulfonamides is 1. The van der Waals surface area contributed by atoms with Crippen LogP contribution in [0.15, 0.2) is 59.5 Å². The summed E-state index contributed by atoms with van der Waals surface area (Å²) >= 11 is 0. The van der Waals surface area contributed by atoms with Crippen molar-refractivity contribution in [3.63, 3.8) is 0 Å². The van der Waals surface area contributed by atoms with Gasteiger partial charge >= 0.3 is 0 Å². The third-order valence-corrected chi connectivity index (χ3v) is 8.41. The molecular weight excluding hydrogens is 412 g/mol. The van der Waals surface area contributed by atoms with Crippen LogP contribution in [-0.4, -0.2) is 51.5 Å². The molecule has 2 fully saturated rings. The highest BCUT2D eigenvalue weighted by Gasteiger charge is 2.38. The number of nitrogens with zero attached hydrogens (tertiary/aromatic N) is 1. The molecule has 166 valence electrons. The lowest BCUT2D eigenvalue weighted by molar-refractivity contribution is -0.121. The van der Waals surface area contributed by atoms with Gasteiger partial charge in [0.05, 0.1) is 18.1 Å². The van der Waals surface area contributed by atoms with Gasteiger partial charge in [0.2, 0.25) is 15.9 Å². The first-order chi connectivity index (χ1) is 15.0. The molecule has 2 aromatic carbocycles.